The average molecular weight is 344 g/mol. The number of amides is 1. The van der Waals surface area contributed by atoms with Gasteiger partial charge >= 0.3 is 0 Å². The highest BCUT2D eigenvalue weighted by Crippen LogP contribution is 2.18. The minimum absolute atomic E-state index is 0.181. The molecule has 1 atom stereocenters. The van der Waals surface area contributed by atoms with Crippen molar-refractivity contribution in [3.63, 3.8) is 0 Å². The largest absolute Gasteiger partial charge is 0.379 e. The van der Waals surface area contributed by atoms with E-state index in [0.717, 1.165) is 44.0 Å². The topological polar surface area (TPSA) is 80.5 Å². The van der Waals surface area contributed by atoms with Gasteiger partial charge in [0.05, 0.1) is 30.5 Å². The van der Waals surface area contributed by atoms with E-state index >= 15 is 0 Å². The van der Waals surface area contributed by atoms with Crippen molar-refractivity contribution in [2.24, 2.45) is 0 Å². The second kappa shape index (κ2) is 8.11. The summed E-state index contributed by atoms with van der Waals surface area (Å²) in [6, 6.07) is 5.87. The Morgan fingerprint density at radius 1 is 1.44 bits per heavy atom. The zero-order chi connectivity index (χ0) is 17.6. The van der Waals surface area contributed by atoms with Gasteiger partial charge in [-0.15, -0.1) is 0 Å². The van der Waals surface area contributed by atoms with Crippen LogP contribution in [-0.4, -0.2) is 42.4 Å². The molecule has 0 saturated carbocycles. The van der Waals surface area contributed by atoms with Gasteiger partial charge in [-0.25, -0.2) is 4.98 Å². The van der Waals surface area contributed by atoms with Gasteiger partial charge in [-0.2, -0.15) is 0 Å². The van der Waals surface area contributed by atoms with Gasteiger partial charge in [-0.05, 0) is 25.0 Å². The molecular formula is C18H24N4O3. The standard InChI is InChI=1S/C18H24N4O3/c1-3-4-14-9-16(25-21-14)11-20-18(23)13-5-6-17(19-10-13)22(2)15-7-8-24-12-15/h5-6,9-10,15H,3-4,7-8,11-12H2,1-2H3,(H,20,23)/t15-/m1/s1. The van der Waals surface area contributed by atoms with Gasteiger partial charge in [0, 0.05) is 25.9 Å². The van der Waals surface area contributed by atoms with Crippen molar-refractivity contribution < 1.29 is 14.1 Å². The maximum atomic E-state index is 12.2. The van der Waals surface area contributed by atoms with Crippen molar-refractivity contribution in [2.45, 2.75) is 38.8 Å². The van der Waals surface area contributed by atoms with Gasteiger partial charge in [0.25, 0.3) is 5.91 Å². The van der Waals surface area contributed by atoms with Crippen LogP contribution in [0, 0.1) is 0 Å². The zero-order valence-electron chi connectivity index (χ0n) is 14.7. The van der Waals surface area contributed by atoms with Crippen molar-refractivity contribution in [3.05, 3.63) is 41.4 Å². The molecule has 1 amide bonds. The van der Waals surface area contributed by atoms with E-state index in [0.29, 0.717) is 23.9 Å². The first kappa shape index (κ1) is 17.4. The number of hydrogen-bond donors (Lipinski definition) is 1. The van der Waals surface area contributed by atoms with Crippen LogP contribution in [0.15, 0.2) is 28.9 Å². The predicted molar refractivity (Wildman–Crippen MR) is 93.5 cm³/mol. The molecule has 3 rings (SSSR count). The third-order valence-electron chi connectivity index (χ3n) is 4.36. The molecule has 25 heavy (non-hydrogen) atoms. The fourth-order valence-electron chi connectivity index (χ4n) is 2.83. The van der Waals surface area contributed by atoms with Crippen molar-refractivity contribution in [1.82, 2.24) is 15.5 Å². The second-order valence-electron chi connectivity index (χ2n) is 6.25. The Labute approximate surface area is 147 Å². The molecule has 0 bridgehead atoms. The molecule has 0 unspecified atom stereocenters. The van der Waals surface area contributed by atoms with Crippen LogP contribution in [0.5, 0.6) is 0 Å². The number of pyridine rings is 1. The Morgan fingerprint density at radius 3 is 3.00 bits per heavy atom. The highest BCUT2D eigenvalue weighted by atomic mass is 16.5. The highest BCUT2D eigenvalue weighted by molar-refractivity contribution is 5.93. The van der Waals surface area contributed by atoms with Crippen LogP contribution >= 0.6 is 0 Å². The van der Waals surface area contributed by atoms with Crippen LogP contribution in [0.4, 0.5) is 5.82 Å². The summed E-state index contributed by atoms with van der Waals surface area (Å²) in [4.78, 5) is 18.7. The van der Waals surface area contributed by atoms with E-state index in [1.165, 1.54) is 0 Å². The molecule has 1 fully saturated rings. The molecule has 3 heterocycles. The number of nitrogens with one attached hydrogen (secondary N) is 1. The lowest BCUT2D eigenvalue weighted by atomic mass is 10.2. The Morgan fingerprint density at radius 2 is 2.32 bits per heavy atom. The summed E-state index contributed by atoms with van der Waals surface area (Å²) >= 11 is 0. The van der Waals surface area contributed by atoms with Crippen LogP contribution in [-0.2, 0) is 17.7 Å². The summed E-state index contributed by atoms with van der Waals surface area (Å²) in [5.74, 6) is 1.31. The summed E-state index contributed by atoms with van der Waals surface area (Å²) in [7, 11) is 2.00. The Kier molecular flexibility index (Phi) is 5.65. The maximum absolute atomic E-state index is 12.2. The number of carbonyl (C=O) groups is 1. The predicted octanol–water partition coefficient (Wildman–Crippen LogP) is 2.18. The first-order valence-corrected chi connectivity index (χ1v) is 8.66. The SMILES string of the molecule is CCCc1cc(CNC(=O)c2ccc(N(C)[C@@H]3CCOC3)nc2)on1. The van der Waals surface area contributed by atoms with Crippen molar-refractivity contribution >= 4 is 11.7 Å². The molecule has 0 radical (unpaired) electrons. The third-order valence-corrected chi connectivity index (χ3v) is 4.36. The second-order valence-corrected chi connectivity index (χ2v) is 6.25. The molecule has 2 aromatic heterocycles. The van der Waals surface area contributed by atoms with Gasteiger partial charge in [-0.3, -0.25) is 4.79 Å². The minimum atomic E-state index is -0.181. The summed E-state index contributed by atoms with van der Waals surface area (Å²) in [5.41, 5.74) is 1.44. The van der Waals surface area contributed by atoms with Crippen molar-refractivity contribution in [1.29, 1.82) is 0 Å². The molecule has 1 aliphatic rings. The molecule has 7 heteroatoms. The lowest BCUT2D eigenvalue weighted by Gasteiger charge is -2.24. The lowest BCUT2D eigenvalue weighted by molar-refractivity contribution is 0.0946. The Hall–Kier alpha value is -2.41. The number of aryl methyl sites for hydroxylation is 1. The number of aromatic nitrogens is 2. The fraction of sp³-hybridized carbons (Fsp3) is 0.500. The number of likely N-dealkylation sites (N-methyl/N-ethyl adjacent to an activating group) is 1. The highest BCUT2D eigenvalue weighted by Gasteiger charge is 2.21. The molecular weight excluding hydrogens is 320 g/mol. The quantitative estimate of drug-likeness (QED) is 0.829. The van der Waals surface area contributed by atoms with Crippen LogP contribution in [0.3, 0.4) is 0 Å². The molecule has 134 valence electrons. The van der Waals surface area contributed by atoms with Crippen LogP contribution in [0.1, 0.15) is 41.6 Å². The van der Waals surface area contributed by atoms with Gasteiger partial charge in [0.1, 0.15) is 5.82 Å². The monoisotopic (exact) mass is 344 g/mol. The fourth-order valence-corrected chi connectivity index (χ4v) is 2.83. The zero-order valence-corrected chi connectivity index (χ0v) is 14.7. The van der Waals surface area contributed by atoms with Gasteiger partial charge in [0.15, 0.2) is 5.76 Å². The summed E-state index contributed by atoms with van der Waals surface area (Å²) < 4.78 is 10.6. The van der Waals surface area contributed by atoms with Gasteiger partial charge in [0.2, 0.25) is 0 Å². The smallest absolute Gasteiger partial charge is 0.253 e. The van der Waals surface area contributed by atoms with E-state index in [1.807, 2.05) is 19.2 Å². The average Bonchev–Trinajstić information content (AvgIpc) is 3.31. The van der Waals surface area contributed by atoms with E-state index in [9.17, 15) is 4.79 Å². The summed E-state index contributed by atoms with van der Waals surface area (Å²) in [5, 5.41) is 6.80. The molecule has 0 aliphatic carbocycles. The summed E-state index contributed by atoms with van der Waals surface area (Å²) in [6.45, 7) is 3.91. The number of nitrogens with zero attached hydrogens (tertiary/aromatic N) is 3. The Balaban J connectivity index is 1.54. The van der Waals surface area contributed by atoms with Crippen molar-refractivity contribution in [3.8, 4) is 0 Å². The third kappa shape index (κ3) is 4.36. The number of hydrogen-bond acceptors (Lipinski definition) is 6. The van der Waals surface area contributed by atoms with E-state index < -0.39 is 0 Å². The summed E-state index contributed by atoms with van der Waals surface area (Å²) in [6.07, 6.45) is 4.48. The number of ether oxygens (including phenoxy) is 1. The molecule has 1 saturated heterocycles. The number of carbonyl (C=O) groups excluding carboxylic acids is 1. The first-order chi connectivity index (χ1) is 12.2. The van der Waals surface area contributed by atoms with Crippen LogP contribution in [0.25, 0.3) is 0 Å². The molecule has 1 aliphatic heterocycles. The van der Waals surface area contributed by atoms with Gasteiger partial charge < -0.3 is 19.5 Å². The molecule has 7 nitrogen and oxygen atoms in total. The molecule has 0 spiro atoms. The molecule has 1 N–H and O–H groups in total. The van der Waals surface area contributed by atoms with E-state index in [2.05, 4.69) is 27.3 Å². The van der Waals surface area contributed by atoms with Crippen LogP contribution < -0.4 is 10.2 Å². The number of anilines is 1. The van der Waals surface area contributed by atoms with E-state index in [4.69, 9.17) is 9.26 Å². The minimum Gasteiger partial charge on any atom is -0.379 e. The molecule has 0 aromatic carbocycles. The maximum Gasteiger partial charge on any atom is 0.253 e. The lowest BCUT2D eigenvalue weighted by Crippen LogP contribution is -2.32. The van der Waals surface area contributed by atoms with Gasteiger partial charge in [-0.1, -0.05) is 18.5 Å². The van der Waals surface area contributed by atoms with Crippen molar-refractivity contribution in [2.75, 3.05) is 25.2 Å². The van der Waals surface area contributed by atoms with E-state index in [-0.39, 0.29) is 5.91 Å². The normalized spacial score (nSPS) is 16.8. The Bertz CT molecular complexity index is 693. The first-order valence-electron chi connectivity index (χ1n) is 8.66. The number of rotatable bonds is 7. The van der Waals surface area contributed by atoms with Crippen LogP contribution in [0.2, 0.25) is 0 Å². The molecule has 2 aromatic rings. The van der Waals surface area contributed by atoms with E-state index in [1.54, 1.807) is 12.3 Å².